The van der Waals surface area contributed by atoms with Gasteiger partial charge >= 0.3 is 0 Å². The Morgan fingerprint density at radius 1 is 1.35 bits per heavy atom. The van der Waals surface area contributed by atoms with Gasteiger partial charge in [-0.15, -0.1) is 18.3 Å². The molecule has 2 N–H and O–H groups in total. The van der Waals surface area contributed by atoms with Gasteiger partial charge in [0.05, 0.1) is 0 Å². The lowest BCUT2D eigenvalue weighted by Crippen LogP contribution is -2.14. The third-order valence-electron chi connectivity index (χ3n) is 2.30. The summed E-state index contributed by atoms with van der Waals surface area (Å²) >= 11 is 1.87. The molecule has 0 heterocycles. The molecule has 0 aliphatic rings. The van der Waals surface area contributed by atoms with Crippen LogP contribution in [-0.2, 0) is 0 Å². The van der Waals surface area contributed by atoms with Crippen molar-refractivity contribution in [2.45, 2.75) is 49.8 Å². The molecule has 0 spiro atoms. The van der Waals surface area contributed by atoms with Gasteiger partial charge in [0.2, 0.25) is 0 Å². The minimum absolute atomic E-state index is 0.0542. The van der Waals surface area contributed by atoms with E-state index in [1.54, 1.807) is 0 Å². The molecule has 1 atom stereocenters. The molecule has 1 nitrogen and oxygen atoms in total. The minimum atomic E-state index is 0.0542. The Morgan fingerprint density at radius 2 is 1.94 bits per heavy atom. The van der Waals surface area contributed by atoms with E-state index in [9.17, 15) is 0 Å². The second kappa shape index (κ2) is 5.74. The van der Waals surface area contributed by atoms with Crippen LogP contribution in [0, 0.1) is 0 Å². The summed E-state index contributed by atoms with van der Waals surface area (Å²) in [6.07, 6.45) is 0.849. The third-order valence-corrected chi connectivity index (χ3v) is 3.51. The zero-order valence-electron chi connectivity index (χ0n) is 11.3. The van der Waals surface area contributed by atoms with E-state index < -0.39 is 0 Å². The Balaban J connectivity index is 2.95. The summed E-state index contributed by atoms with van der Waals surface area (Å²) in [4.78, 5) is 1.29. The fourth-order valence-corrected chi connectivity index (χ4v) is 2.84. The summed E-state index contributed by atoms with van der Waals surface area (Å²) < 4.78 is 0.207. The quantitative estimate of drug-likeness (QED) is 0.626. The number of hydrogen-bond donors (Lipinski definition) is 1. The molecular weight excluding hydrogens is 226 g/mol. The Morgan fingerprint density at radius 3 is 2.47 bits per heavy atom. The number of hydrogen-bond acceptors (Lipinski definition) is 2. The molecule has 0 aliphatic heterocycles. The number of benzene rings is 1. The predicted molar refractivity (Wildman–Crippen MR) is 78.4 cm³/mol. The SMILES string of the molecule is C=C(C)C[C@@H](N)c1ccccc1SC(C)(C)C. The average molecular weight is 249 g/mol. The van der Waals surface area contributed by atoms with Gasteiger partial charge in [-0.1, -0.05) is 44.5 Å². The first-order valence-corrected chi connectivity index (χ1v) is 6.79. The van der Waals surface area contributed by atoms with Crippen LogP contribution in [0.15, 0.2) is 41.3 Å². The van der Waals surface area contributed by atoms with E-state index >= 15 is 0 Å². The summed E-state index contributed by atoms with van der Waals surface area (Å²) in [6.45, 7) is 12.6. The zero-order valence-corrected chi connectivity index (χ0v) is 12.1. The summed E-state index contributed by atoms with van der Waals surface area (Å²) in [5, 5.41) is 0. The third kappa shape index (κ3) is 4.97. The van der Waals surface area contributed by atoms with Gasteiger partial charge in [0.25, 0.3) is 0 Å². The Kier molecular flexibility index (Phi) is 4.84. The molecule has 1 aromatic rings. The van der Waals surface area contributed by atoms with Crippen molar-refractivity contribution in [2.24, 2.45) is 5.73 Å². The van der Waals surface area contributed by atoms with Crippen molar-refractivity contribution in [1.82, 2.24) is 0 Å². The predicted octanol–water partition coefficient (Wildman–Crippen LogP) is 4.54. The van der Waals surface area contributed by atoms with Crippen molar-refractivity contribution in [3.05, 3.63) is 42.0 Å². The Bertz CT molecular complexity index is 390. The van der Waals surface area contributed by atoms with E-state index in [0.717, 1.165) is 12.0 Å². The molecule has 0 fully saturated rings. The number of thioether (sulfide) groups is 1. The first kappa shape index (κ1) is 14.3. The average Bonchev–Trinajstić information content (AvgIpc) is 2.14. The topological polar surface area (TPSA) is 26.0 Å². The Hall–Kier alpha value is -0.730. The molecule has 0 amide bonds. The summed E-state index contributed by atoms with van der Waals surface area (Å²) in [5.74, 6) is 0. The second-order valence-electron chi connectivity index (χ2n) is 5.52. The van der Waals surface area contributed by atoms with Crippen LogP contribution in [0.4, 0.5) is 0 Å². The maximum absolute atomic E-state index is 6.24. The van der Waals surface area contributed by atoms with Crippen molar-refractivity contribution >= 4 is 11.8 Å². The van der Waals surface area contributed by atoms with Crippen LogP contribution in [0.2, 0.25) is 0 Å². The molecule has 0 saturated carbocycles. The van der Waals surface area contributed by atoms with E-state index in [4.69, 9.17) is 5.73 Å². The van der Waals surface area contributed by atoms with Crippen molar-refractivity contribution in [3.63, 3.8) is 0 Å². The Labute approximate surface area is 109 Å². The van der Waals surface area contributed by atoms with Gasteiger partial charge in [0, 0.05) is 15.7 Å². The normalized spacial score (nSPS) is 13.5. The molecule has 0 bridgehead atoms. The van der Waals surface area contributed by atoms with Gasteiger partial charge in [-0.2, -0.15) is 0 Å². The highest BCUT2D eigenvalue weighted by Gasteiger charge is 2.17. The highest BCUT2D eigenvalue weighted by atomic mass is 32.2. The molecule has 0 radical (unpaired) electrons. The maximum atomic E-state index is 6.24. The van der Waals surface area contributed by atoms with Crippen LogP contribution in [-0.4, -0.2) is 4.75 Å². The molecule has 1 rings (SSSR count). The van der Waals surface area contributed by atoms with Crippen LogP contribution in [0.3, 0.4) is 0 Å². The first-order chi connectivity index (χ1) is 7.79. The van der Waals surface area contributed by atoms with E-state index in [1.165, 1.54) is 10.5 Å². The molecule has 94 valence electrons. The van der Waals surface area contributed by atoms with Crippen LogP contribution >= 0.6 is 11.8 Å². The van der Waals surface area contributed by atoms with E-state index in [-0.39, 0.29) is 10.8 Å². The van der Waals surface area contributed by atoms with Crippen molar-refractivity contribution in [3.8, 4) is 0 Å². The summed E-state index contributed by atoms with van der Waals surface area (Å²) in [6, 6.07) is 8.47. The molecule has 17 heavy (non-hydrogen) atoms. The molecule has 0 aromatic heterocycles. The smallest absolute Gasteiger partial charge is 0.0343 e. The van der Waals surface area contributed by atoms with E-state index in [0.29, 0.717) is 0 Å². The fourth-order valence-electron chi connectivity index (χ4n) is 1.70. The second-order valence-corrected chi connectivity index (χ2v) is 7.39. The number of rotatable bonds is 4. The van der Waals surface area contributed by atoms with Crippen LogP contribution in [0.5, 0.6) is 0 Å². The zero-order chi connectivity index (χ0) is 13.1. The van der Waals surface area contributed by atoms with Gasteiger partial charge in [0.1, 0.15) is 0 Å². The van der Waals surface area contributed by atoms with E-state index in [1.807, 2.05) is 18.7 Å². The van der Waals surface area contributed by atoms with Gasteiger partial charge < -0.3 is 5.73 Å². The monoisotopic (exact) mass is 249 g/mol. The largest absolute Gasteiger partial charge is 0.324 e. The van der Waals surface area contributed by atoms with Gasteiger partial charge in [-0.3, -0.25) is 0 Å². The summed E-state index contributed by atoms with van der Waals surface area (Å²) in [5.41, 5.74) is 8.61. The van der Waals surface area contributed by atoms with Crippen LogP contribution < -0.4 is 5.73 Å². The maximum Gasteiger partial charge on any atom is 0.0343 e. The molecule has 0 unspecified atom stereocenters. The molecule has 1 aromatic carbocycles. The summed E-state index contributed by atoms with van der Waals surface area (Å²) in [7, 11) is 0. The van der Waals surface area contributed by atoms with Gasteiger partial charge in [-0.05, 0) is 25.0 Å². The highest BCUT2D eigenvalue weighted by Crippen LogP contribution is 2.36. The van der Waals surface area contributed by atoms with E-state index in [2.05, 4.69) is 51.6 Å². The van der Waals surface area contributed by atoms with Crippen LogP contribution in [0.25, 0.3) is 0 Å². The van der Waals surface area contributed by atoms with Gasteiger partial charge in [-0.25, -0.2) is 0 Å². The van der Waals surface area contributed by atoms with Crippen molar-refractivity contribution in [2.75, 3.05) is 0 Å². The van der Waals surface area contributed by atoms with Crippen molar-refractivity contribution in [1.29, 1.82) is 0 Å². The molecule has 0 saturated heterocycles. The lowest BCUT2D eigenvalue weighted by atomic mass is 10.0. The molecule has 2 heteroatoms. The number of nitrogens with two attached hydrogens (primary N) is 1. The highest BCUT2D eigenvalue weighted by molar-refractivity contribution is 8.00. The lowest BCUT2D eigenvalue weighted by Gasteiger charge is -2.22. The van der Waals surface area contributed by atoms with Gasteiger partial charge in [0.15, 0.2) is 0 Å². The fraction of sp³-hybridized carbons (Fsp3) is 0.467. The van der Waals surface area contributed by atoms with Crippen molar-refractivity contribution < 1.29 is 0 Å². The lowest BCUT2D eigenvalue weighted by molar-refractivity contribution is 0.701. The minimum Gasteiger partial charge on any atom is -0.324 e. The molecular formula is C15H23NS. The standard InChI is InChI=1S/C15H23NS/c1-11(2)10-13(16)12-8-6-7-9-14(12)17-15(3,4)5/h6-9,13H,1,10,16H2,2-5H3/t13-/m1/s1. The first-order valence-electron chi connectivity index (χ1n) is 5.97. The van der Waals surface area contributed by atoms with Crippen LogP contribution in [0.1, 0.15) is 45.7 Å². The molecule has 0 aliphatic carbocycles.